The number of nitrogens with one attached hydrogen (secondary N) is 1. The summed E-state index contributed by atoms with van der Waals surface area (Å²) in [5.74, 6) is 0.404. The highest BCUT2D eigenvalue weighted by atomic mass is 35.5. The molecule has 4 rings (SSSR count). The number of amides is 1. The fourth-order valence-corrected chi connectivity index (χ4v) is 2.98. The summed E-state index contributed by atoms with van der Waals surface area (Å²) in [6.45, 7) is 2.03. The van der Waals surface area contributed by atoms with Crippen LogP contribution in [0.3, 0.4) is 0 Å². The van der Waals surface area contributed by atoms with Gasteiger partial charge in [0.05, 0.1) is 5.02 Å². The lowest BCUT2D eigenvalue weighted by atomic mass is 10.1. The Kier molecular flexibility index (Phi) is 4.19. The third kappa shape index (κ3) is 3.07. The van der Waals surface area contributed by atoms with Gasteiger partial charge in [0.15, 0.2) is 0 Å². The summed E-state index contributed by atoms with van der Waals surface area (Å²) in [5.41, 5.74) is 4.10. The van der Waals surface area contributed by atoms with Crippen LogP contribution in [0.1, 0.15) is 15.9 Å². The van der Waals surface area contributed by atoms with Gasteiger partial charge in [0.2, 0.25) is 0 Å². The number of benzene rings is 2. The molecule has 4 aromatic rings. The molecule has 1 amide bonds. The molecule has 0 bridgehead atoms. The van der Waals surface area contributed by atoms with Gasteiger partial charge in [-0.15, -0.1) is 0 Å². The van der Waals surface area contributed by atoms with E-state index in [2.05, 4.69) is 5.32 Å². The smallest absolute Gasteiger partial charge is 0.256 e. The molecule has 2 heterocycles. The molecule has 0 fully saturated rings. The number of nitrogens with zero attached hydrogens (tertiary/aromatic N) is 2. The van der Waals surface area contributed by atoms with E-state index in [1.54, 1.807) is 28.8 Å². The van der Waals surface area contributed by atoms with Crippen molar-refractivity contribution in [3.8, 4) is 11.3 Å². The third-order valence-corrected chi connectivity index (χ3v) is 4.40. The van der Waals surface area contributed by atoms with Gasteiger partial charge in [-0.1, -0.05) is 59.6 Å². The van der Waals surface area contributed by atoms with Crippen LogP contribution in [-0.2, 0) is 0 Å². The minimum atomic E-state index is -0.194. The number of hydrogen-bond donors (Lipinski definition) is 1. The number of carbonyl (C=O) groups is 1. The fourth-order valence-electron chi connectivity index (χ4n) is 2.82. The molecule has 2 aromatic heterocycles. The van der Waals surface area contributed by atoms with Gasteiger partial charge in [-0.05, 0) is 31.2 Å². The Morgan fingerprint density at radius 3 is 2.46 bits per heavy atom. The number of carbonyl (C=O) groups excluding carboxylic acids is 1. The molecule has 0 unspecified atom stereocenters. The Labute approximate surface area is 156 Å². The van der Waals surface area contributed by atoms with Gasteiger partial charge in [0, 0.05) is 17.3 Å². The monoisotopic (exact) mass is 361 g/mol. The average molecular weight is 362 g/mol. The molecule has 0 aliphatic carbocycles. The quantitative estimate of drug-likeness (QED) is 0.544. The van der Waals surface area contributed by atoms with E-state index in [-0.39, 0.29) is 5.91 Å². The number of halogens is 1. The molecule has 5 heteroatoms. The number of aryl methyl sites for hydroxylation is 1. The summed E-state index contributed by atoms with van der Waals surface area (Å²) in [6, 6.07) is 20.8. The first kappa shape index (κ1) is 16.4. The van der Waals surface area contributed by atoms with E-state index in [0.29, 0.717) is 27.7 Å². The van der Waals surface area contributed by atoms with Crippen LogP contribution in [0.15, 0.2) is 72.9 Å². The van der Waals surface area contributed by atoms with Gasteiger partial charge in [0.25, 0.3) is 5.91 Å². The van der Waals surface area contributed by atoms with Gasteiger partial charge in [-0.3, -0.25) is 9.20 Å². The molecule has 2 aromatic carbocycles. The summed E-state index contributed by atoms with van der Waals surface area (Å²) in [6.07, 6.45) is 1.75. The minimum absolute atomic E-state index is 0.194. The largest absolute Gasteiger partial charge is 0.306 e. The summed E-state index contributed by atoms with van der Waals surface area (Å²) in [5, 5.41) is 3.56. The van der Waals surface area contributed by atoms with Gasteiger partial charge in [-0.2, -0.15) is 0 Å². The van der Waals surface area contributed by atoms with Gasteiger partial charge < -0.3 is 5.32 Å². The van der Waals surface area contributed by atoms with Crippen LogP contribution in [0.2, 0.25) is 5.02 Å². The highest BCUT2D eigenvalue weighted by Gasteiger charge is 2.17. The van der Waals surface area contributed by atoms with Crippen molar-refractivity contribution in [1.82, 2.24) is 9.38 Å². The number of aromatic nitrogens is 2. The van der Waals surface area contributed by atoms with E-state index >= 15 is 0 Å². The normalized spacial score (nSPS) is 10.8. The lowest BCUT2D eigenvalue weighted by molar-refractivity contribution is 0.102. The van der Waals surface area contributed by atoms with Crippen molar-refractivity contribution in [3.05, 3.63) is 89.1 Å². The zero-order valence-electron chi connectivity index (χ0n) is 14.1. The van der Waals surface area contributed by atoms with E-state index in [1.165, 1.54) is 0 Å². The van der Waals surface area contributed by atoms with Crippen molar-refractivity contribution >= 4 is 29.0 Å². The zero-order chi connectivity index (χ0) is 18.1. The Hall–Kier alpha value is -3.11. The number of rotatable bonds is 3. The van der Waals surface area contributed by atoms with Crippen molar-refractivity contribution in [2.75, 3.05) is 5.32 Å². The summed E-state index contributed by atoms with van der Waals surface area (Å²) in [4.78, 5) is 17.4. The van der Waals surface area contributed by atoms with Crippen LogP contribution in [0.4, 0.5) is 5.82 Å². The number of anilines is 1. The van der Waals surface area contributed by atoms with Crippen LogP contribution in [0, 0.1) is 6.92 Å². The van der Waals surface area contributed by atoms with Crippen molar-refractivity contribution in [3.63, 3.8) is 0 Å². The van der Waals surface area contributed by atoms with Crippen LogP contribution < -0.4 is 5.32 Å². The van der Waals surface area contributed by atoms with Crippen LogP contribution >= 0.6 is 11.6 Å². The minimum Gasteiger partial charge on any atom is -0.306 e. The highest BCUT2D eigenvalue weighted by Crippen LogP contribution is 2.30. The number of pyridine rings is 1. The zero-order valence-corrected chi connectivity index (χ0v) is 14.9. The second-order valence-electron chi connectivity index (χ2n) is 6.07. The fraction of sp³-hybridized carbons (Fsp3) is 0.0476. The maximum atomic E-state index is 12.7. The molecular weight excluding hydrogens is 346 g/mol. The predicted octanol–water partition coefficient (Wildman–Crippen LogP) is 5.22. The van der Waals surface area contributed by atoms with Crippen LogP contribution in [0.25, 0.3) is 16.9 Å². The number of fused-ring (bicyclic) bond motifs is 1. The van der Waals surface area contributed by atoms with Crippen LogP contribution in [0.5, 0.6) is 0 Å². The maximum absolute atomic E-state index is 12.7. The van der Waals surface area contributed by atoms with E-state index in [9.17, 15) is 4.79 Å². The Bertz CT molecular complexity index is 1090. The first-order valence-corrected chi connectivity index (χ1v) is 8.61. The predicted molar refractivity (Wildman–Crippen MR) is 105 cm³/mol. The molecule has 4 nitrogen and oxygen atoms in total. The Morgan fingerprint density at radius 1 is 1.00 bits per heavy atom. The molecule has 0 atom stereocenters. The number of imidazole rings is 1. The first-order chi connectivity index (χ1) is 12.6. The molecule has 128 valence electrons. The molecule has 0 saturated heterocycles. The summed E-state index contributed by atoms with van der Waals surface area (Å²) >= 11 is 6.16. The van der Waals surface area contributed by atoms with Crippen molar-refractivity contribution in [1.29, 1.82) is 0 Å². The summed E-state index contributed by atoms with van der Waals surface area (Å²) < 4.78 is 1.80. The van der Waals surface area contributed by atoms with Gasteiger partial charge in [0.1, 0.15) is 17.2 Å². The Morgan fingerprint density at radius 2 is 1.73 bits per heavy atom. The second-order valence-corrected chi connectivity index (χ2v) is 6.51. The van der Waals surface area contributed by atoms with Crippen LogP contribution in [-0.4, -0.2) is 15.3 Å². The van der Waals surface area contributed by atoms with E-state index in [1.807, 2.05) is 55.5 Å². The summed E-state index contributed by atoms with van der Waals surface area (Å²) in [7, 11) is 0. The molecule has 0 aliphatic rings. The standard InChI is InChI=1S/C21H16ClN3O/c1-14-7-9-15(10-8-14)19-20(24-21(26)16-5-3-2-4-6-16)25-13-17(22)11-12-18(25)23-19/h2-13H,1H3,(H,24,26). The first-order valence-electron chi connectivity index (χ1n) is 8.23. The molecule has 1 N–H and O–H groups in total. The lowest BCUT2D eigenvalue weighted by Gasteiger charge is -2.08. The van der Waals surface area contributed by atoms with Gasteiger partial charge >= 0.3 is 0 Å². The second kappa shape index (κ2) is 6.65. The SMILES string of the molecule is Cc1ccc(-c2nc3ccc(Cl)cn3c2NC(=O)c2ccccc2)cc1. The van der Waals surface area contributed by atoms with Crippen molar-refractivity contribution in [2.45, 2.75) is 6.92 Å². The van der Waals surface area contributed by atoms with Gasteiger partial charge in [-0.25, -0.2) is 4.98 Å². The molecule has 0 radical (unpaired) electrons. The average Bonchev–Trinajstić information content (AvgIpc) is 3.01. The molecule has 26 heavy (non-hydrogen) atoms. The molecule has 0 saturated carbocycles. The molecular formula is C21H16ClN3O. The molecule has 0 aliphatic heterocycles. The third-order valence-electron chi connectivity index (χ3n) is 4.18. The van der Waals surface area contributed by atoms with E-state index in [0.717, 1.165) is 11.1 Å². The van der Waals surface area contributed by atoms with Crippen molar-refractivity contribution in [2.24, 2.45) is 0 Å². The number of hydrogen-bond acceptors (Lipinski definition) is 2. The molecule has 0 spiro atoms. The van der Waals surface area contributed by atoms with E-state index in [4.69, 9.17) is 16.6 Å². The topological polar surface area (TPSA) is 46.4 Å². The Balaban J connectivity index is 1.85. The van der Waals surface area contributed by atoms with Crippen molar-refractivity contribution < 1.29 is 4.79 Å². The lowest BCUT2D eigenvalue weighted by Crippen LogP contribution is -2.13. The highest BCUT2D eigenvalue weighted by molar-refractivity contribution is 6.30. The maximum Gasteiger partial charge on any atom is 0.256 e. The van der Waals surface area contributed by atoms with E-state index < -0.39 is 0 Å².